The van der Waals surface area contributed by atoms with Crippen LogP contribution in [0.15, 0.2) is 73.2 Å². The number of aromatic nitrogens is 5. The molecular weight excluding hydrogens is 390 g/mol. The normalized spacial score (nSPS) is 14.7. The first kappa shape index (κ1) is 17.6. The number of phenols is 1. The Bertz CT molecular complexity index is 1430. The molecule has 0 aliphatic carbocycles. The fourth-order valence-corrected chi connectivity index (χ4v) is 4.01. The predicted octanol–water partition coefficient (Wildman–Crippen LogP) is 4.49. The summed E-state index contributed by atoms with van der Waals surface area (Å²) in [6.45, 7) is 2.06. The first-order valence-corrected chi connectivity index (χ1v) is 9.91. The molecule has 0 unspecified atom stereocenters. The van der Waals surface area contributed by atoms with Crippen molar-refractivity contribution in [1.82, 2.24) is 24.6 Å². The number of phenolic OH excluding ortho intramolecular Hbond substituents is 1. The number of hydrogen-bond donors (Lipinski definition) is 1. The fraction of sp³-hybridized carbons (Fsp3) is 0.0833. The maximum atomic E-state index is 10.00. The van der Waals surface area contributed by atoms with E-state index in [1.807, 2.05) is 24.3 Å². The second-order valence-electron chi connectivity index (χ2n) is 7.55. The highest BCUT2D eigenvalue weighted by atomic mass is 16.5. The van der Waals surface area contributed by atoms with Gasteiger partial charge in [0.1, 0.15) is 23.5 Å². The van der Waals surface area contributed by atoms with E-state index in [2.05, 4.69) is 46.3 Å². The van der Waals surface area contributed by atoms with Crippen LogP contribution in [0.3, 0.4) is 0 Å². The molecule has 0 fully saturated rings. The van der Waals surface area contributed by atoms with Crippen LogP contribution in [0.1, 0.15) is 28.2 Å². The molecule has 1 N–H and O–H groups in total. The number of rotatable bonds is 2. The first-order valence-electron chi connectivity index (χ1n) is 9.91. The van der Waals surface area contributed by atoms with Crippen molar-refractivity contribution in [2.24, 2.45) is 0 Å². The summed E-state index contributed by atoms with van der Waals surface area (Å²) < 4.78 is 7.75. The third-order valence-electron chi connectivity index (χ3n) is 5.50. The lowest BCUT2D eigenvalue weighted by Crippen LogP contribution is -2.15. The average Bonchev–Trinajstić information content (AvgIpc) is 3.23. The van der Waals surface area contributed by atoms with E-state index in [1.54, 1.807) is 29.2 Å². The van der Waals surface area contributed by atoms with Gasteiger partial charge in [0, 0.05) is 23.7 Å². The summed E-state index contributed by atoms with van der Waals surface area (Å²) in [5.41, 5.74) is 5.38. The van der Waals surface area contributed by atoms with Gasteiger partial charge in [-0.1, -0.05) is 42.0 Å². The largest absolute Gasteiger partial charge is 0.508 e. The van der Waals surface area contributed by atoms with Crippen molar-refractivity contribution in [2.75, 3.05) is 0 Å². The summed E-state index contributed by atoms with van der Waals surface area (Å²) in [7, 11) is 0. The molecule has 7 nitrogen and oxygen atoms in total. The average molecular weight is 407 g/mol. The van der Waals surface area contributed by atoms with E-state index in [4.69, 9.17) is 9.72 Å². The number of benzene rings is 2. The molecule has 0 saturated carbocycles. The molecule has 1 aliphatic rings. The number of hydrogen-bond acceptors (Lipinski definition) is 6. The molecule has 4 heterocycles. The lowest BCUT2D eigenvalue weighted by Gasteiger charge is -2.27. The topological polar surface area (TPSA) is 85.4 Å². The Morgan fingerprint density at radius 2 is 1.87 bits per heavy atom. The minimum atomic E-state index is -0.170. The van der Waals surface area contributed by atoms with E-state index in [1.165, 1.54) is 5.56 Å². The zero-order chi connectivity index (χ0) is 20.9. The highest BCUT2D eigenvalue weighted by Gasteiger charge is 2.33. The molecule has 2 aromatic carbocycles. The minimum absolute atomic E-state index is 0.144. The highest BCUT2D eigenvalue weighted by molar-refractivity contribution is 5.68. The molecule has 0 saturated heterocycles. The molecule has 0 radical (unpaired) electrons. The zero-order valence-corrected chi connectivity index (χ0v) is 16.6. The number of pyridine rings is 1. The van der Waals surface area contributed by atoms with Gasteiger partial charge in [0.15, 0.2) is 5.65 Å². The molecule has 7 heteroatoms. The maximum Gasteiger partial charge on any atom is 0.228 e. The lowest BCUT2D eigenvalue weighted by atomic mass is 9.83. The van der Waals surface area contributed by atoms with E-state index in [-0.39, 0.29) is 11.7 Å². The summed E-state index contributed by atoms with van der Waals surface area (Å²) in [6, 6.07) is 19.2. The summed E-state index contributed by atoms with van der Waals surface area (Å²) in [5, 5.41) is 14.6. The second-order valence-corrected chi connectivity index (χ2v) is 7.55. The van der Waals surface area contributed by atoms with Gasteiger partial charge in [-0.3, -0.25) is 4.98 Å². The van der Waals surface area contributed by atoms with E-state index < -0.39 is 0 Å². The van der Waals surface area contributed by atoms with Gasteiger partial charge in [0.25, 0.3) is 0 Å². The summed E-state index contributed by atoms with van der Waals surface area (Å²) in [4.78, 5) is 13.7. The Morgan fingerprint density at radius 3 is 2.68 bits per heavy atom. The molecule has 1 atom stereocenters. The molecule has 150 valence electrons. The third kappa shape index (κ3) is 2.82. The first-order chi connectivity index (χ1) is 15.2. The van der Waals surface area contributed by atoms with Crippen LogP contribution in [0.4, 0.5) is 0 Å². The molecular formula is C24H17N5O2. The zero-order valence-electron chi connectivity index (χ0n) is 16.6. The summed E-state index contributed by atoms with van der Waals surface area (Å²) in [6.07, 6.45) is 3.31. The van der Waals surface area contributed by atoms with Gasteiger partial charge in [-0.25, -0.2) is 14.5 Å². The van der Waals surface area contributed by atoms with Gasteiger partial charge in [-0.05, 0) is 30.7 Å². The van der Waals surface area contributed by atoms with Crippen molar-refractivity contribution in [3.63, 3.8) is 0 Å². The molecule has 0 amide bonds. The van der Waals surface area contributed by atoms with Crippen LogP contribution >= 0.6 is 0 Å². The fourth-order valence-electron chi connectivity index (χ4n) is 4.01. The van der Waals surface area contributed by atoms with E-state index >= 15 is 0 Å². The molecule has 6 rings (SSSR count). The van der Waals surface area contributed by atoms with Gasteiger partial charge in [-0.2, -0.15) is 0 Å². The monoisotopic (exact) mass is 407 g/mol. The SMILES string of the molecule is Cc1ccc([C@@H]2c3ccc(O)cc3Oc3ncn4nc(-c5ccccn5)nc4c32)cc1. The van der Waals surface area contributed by atoms with E-state index in [9.17, 15) is 5.11 Å². The number of ether oxygens (including phenoxy) is 1. The van der Waals surface area contributed by atoms with Gasteiger partial charge >= 0.3 is 0 Å². The number of aromatic hydroxyl groups is 1. The molecule has 0 bridgehead atoms. The van der Waals surface area contributed by atoms with Crippen molar-refractivity contribution < 1.29 is 9.84 Å². The van der Waals surface area contributed by atoms with Gasteiger partial charge in [0.05, 0.1) is 5.56 Å². The van der Waals surface area contributed by atoms with Crippen LogP contribution in [0, 0.1) is 6.92 Å². The second kappa shape index (κ2) is 6.63. The van der Waals surface area contributed by atoms with E-state index in [0.717, 1.165) is 16.7 Å². The predicted molar refractivity (Wildman–Crippen MR) is 114 cm³/mol. The maximum absolute atomic E-state index is 10.00. The smallest absolute Gasteiger partial charge is 0.228 e. The Kier molecular flexibility index (Phi) is 3.76. The lowest BCUT2D eigenvalue weighted by molar-refractivity contribution is 0.422. The van der Waals surface area contributed by atoms with Crippen LogP contribution in [0.25, 0.3) is 17.2 Å². The summed E-state index contributed by atoms with van der Waals surface area (Å²) in [5.74, 6) is 1.54. The Labute approximate surface area is 177 Å². The van der Waals surface area contributed by atoms with Crippen molar-refractivity contribution >= 4 is 5.65 Å². The Hall–Kier alpha value is -4.26. The molecule has 0 spiro atoms. The number of aryl methyl sites for hydroxylation is 1. The van der Waals surface area contributed by atoms with Crippen molar-refractivity contribution in [2.45, 2.75) is 12.8 Å². The number of nitrogens with zero attached hydrogens (tertiary/aromatic N) is 5. The van der Waals surface area contributed by atoms with Crippen molar-refractivity contribution in [3.8, 4) is 28.9 Å². The van der Waals surface area contributed by atoms with Crippen LogP contribution in [-0.4, -0.2) is 29.7 Å². The molecule has 31 heavy (non-hydrogen) atoms. The minimum Gasteiger partial charge on any atom is -0.508 e. The van der Waals surface area contributed by atoms with Crippen molar-refractivity contribution in [3.05, 3.63) is 95.4 Å². The molecule has 1 aliphatic heterocycles. The van der Waals surface area contributed by atoms with E-state index in [0.29, 0.717) is 28.8 Å². The third-order valence-corrected chi connectivity index (χ3v) is 5.50. The van der Waals surface area contributed by atoms with Crippen LogP contribution < -0.4 is 4.74 Å². The van der Waals surface area contributed by atoms with Gasteiger partial charge < -0.3 is 9.84 Å². The quantitative estimate of drug-likeness (QED) is 0.455. The number of fused-ring (bicyclic) bond motifs is 4. The highest BCUT2D eigenvalue weighted by Crippen LogP contribution is 2.48. The summed E-state index contributed by atoms with van der Waals surface area (Å²) >= 11 is 0. The standard InChI is InChI=1S/C24H17N5O2/c1-14-5-7-15(8-6-14)20-17-10-9-16(30)12-19(17)31-24-21(20)23-27-22(28-29(23)13-26-24)18-4-2-3-11-25-18/h2-13,20,30H,1H3/t20-/m1/s1. The van der Waals surface area contributed by atoms with Crippen LogP contribution in [0.2, 0.25) is 0 Å². The Balaban J connectivity index is 1.62. The van der Waals surface area contributed by atoms with Gasteiger partial charge in [0.2, 0.25) is 11.7 Å². The Morgan fingerprint density at radius 1 is 1.00 bits per heavy atom. The van der Waals surface area contributed by atoms with Crippen molar-refractivity contribution in [1.29, 1.82) is 0 Å². The van der Waals surface area contributed by atoms with Gasteiger partial charge in [-0.15, -0.1) is 5.10 Å². The molecule has 3 aromatic heterocycles. The molecule has 5 aromatic rings. The van der Waals surface area contributed by atoms with Crippen LogP contribution in [0.5, 0.6) is 17.4 Å². The van der Waals surface area contributed by atoms with Crippen LogP contribution in [-0.2, 0) is 0 Å².